The molecule has 0 aliphatic carbocycles. The normalized spacial score (nSPS) is 10.4. The molecule has 0 fully saturated rings. The number of hydrogen-bond donors (Lipinski definition) is 1. The fourth-order valence-electron chi connectivity index (χ4n) is 0.947. The lowest BCUT2D eigenvalue weighted by Crippen LogP contribution is -2.04. The average Bonchev–Trinajstić information content (AvgIpc) is 2.14. The first-order valence-corrected chi connectivity index (χ1v) is 4.38. The Hall–Kier alpha value is -1.24. The van der Waals surface area contributed by atoms with Crippen molar-refractivity contribution in [2.75, 3.05) is 6.54 Å². The Morgan fingerprint density at radius 3 is 2.67 bits per heavy atom. The predicted molar refractivity (Wildman–Crippen MR) is 53.8 cm³/mol. The van der Waals surface area contributed by atoms with Crippen LogP contribution in [0.5, 0.6) is 0 Å². The quantitative estimate of drug-likeness (QED) is 0.669. The molecule has 0 saturated heterocycles. The highest BCUT2D eigenvalue weighted by Crippen LogP contribution is 1.99. The van der Waals surface area contributed by atoms with Gasteiger partial charge in [0.1, 0.15) is 0 Å². The van der Waals surface area contributed by atoms with Crippen molar-refractivity contribution in [3.05, 3.63) is 42.1 Å². The molecule has 0 aliphatic rings. The van der Waals surface area contributed by atoms with Gasteiger partial charge >= 0.3 is 0 Å². The minimum absolute atomic E-state index is 1.04. The van der Waals surface area contributed by atoms with Crippen LogP contribution in [0.25, 0.3) is 6.08 Å². The number of rotatable bonds is 4. The van der Waals surface area contributed by atoms with E-state index in [-0.39, 0.29) is 0 Å². The van der Waals surface area contributed by atoms with E-state index < -0.39 is 0 Å². The first-order valence-electron chi connectivity index (χ1n) is 4.38. The molecule has 1 nitrogen and oxygen atoms in total. The summed E-state index contributed by atoms with van der Waals surface area (Å²) in [6.45, 7) is 3.20. The second-order valence-electron chi connectivity index (χ2n) is 2.70. The van der Waals surface area contributed by atoms with Crippen LogP contribution in [0.15, 0.2) is 36.5 Å². The van der Waals surface area contributed by atoms with E-state index in [4.69, 9.17) is 0 Å². The minimum atomic E-state index is 1.04. The van der Waals surface area contributed by atoms with Crippen LogP contribution in [-0.4, -0.2) is 6.54 Å². The molecule has 12 heavy (non-hydrogen) atoms. The minimum Gasteiger partial charge on any atom is -0.391 e. The Balaban J connectivity index is 2.36. The van der Waals surface area contributed by atoms with E-state index in [0.29, 0.717) is 0 Å². The Morgan fingerprint density at radius 2 is 2.00 bits per heavy atom. The first-order chi connectivity index (χ1) is 5.93. The molecule has 1 heteroatoms. The molecule has 0 spiro atoms. The summed E-state index contributed by atoms with van der Waals surface area (Å²) in [4.78, 5) is 0. The molecule has 0 atom stereocenters. The molecule has 0 heterocycles. The van der Waals surface area contributed by atoms with Crippen LogP contribution < -0.4 is 5.32 Å². The van der Waals surface area contributed by atoms with Crippen molar-refractivity contribution in [2.45, 2.75) is 13.3 Å². The molecule has 1 N–H and O–H groups in total. The summed E-state index contributed by atoms with van der Waals surface area (Å²) in [5, 5.41) is 3.20. The topological polar surface area (TPSA) is 12.0 Å². The molecular formula is C11H15N. The van der Waals surface area contributed by atoms with Gasteiger partial charge in [-0.05, 0) is 24.3 Å². The molecule has 0 aliphatic heterocycles. The largest absolute Gasteiger partial charge is 0.391 e. The highest BCUT2D eigenvalue weighted by Gasteiger charge is 1.80. The van der Waals surface area contributed by atoms with Gasteiger partial charge in [-0.15, -0.1) is 0 Å². The van der Waals surface area contributed by atoms with Gasteiger partial charge in [-0.25, -0.2) is 0 Å². The molecule has 64 valence electrons. The van der Waals surface area contributed by atoms with Gasteiger partial charge in [-0.1, -0.05) is 37.3 Å². The Kier molecular flexibility index (Phi) is 4.00. The maximum atomic E-state index is 3.20. The van der Waals surface area contributed by atoms with E-state index in [0.717, 1.165) is 6.54 Å². The second-order valence-corrected chi connectivity index (χ2v) is 2.70. The lowest BCUT2D eigenvalue weighted by molar-refractivity contribution is 0.812. The highest BCUT2D eigenvalue weighted by atomic mass is 14.8. The van der Waals surface area contributed by atoms with Crippen LogP contribution in [0.1, 0.15) is 18.9 Å². The van der Waals surface area contributed by atoms with E-state index in [1.165, 1.54) is 12.0 Å². The zero-order chi connectivity index (χ0) is 8.65. The van der Waals surface area contributed by atoms with Gasteiger partial charge < -0.3 is 5.32 Å². The Labute approximate surface area is 74.1 Å². The third-order valence-corrected chi connectivity index (χ3v) is 1.59. The Bertz CT molecular complexity index is 226. The first kappa shape index (κ1) is 8.85. The fourth-order valence-corrected chi connectivity index (χ4v) is 0.947. The molecule has 0 saturated carbocycles. The summed E-state index contributed by atoms with van der Waals surface area (Å²) in [5.41, 5.74) is 1.24. The molecule has 0 aromatic heterocycles. The van der Waals surface area contributed by atoms with Crippen LogP contribution in [-0.2, 0) is 0 Å². The van der Waals surface area contributed by atoms with Crippen molar-refractivity contribution >= 4 is 6.08 Å². The third kappa shape index (κ3) is 3.24. The maximum Gasteiger partial charge on any atom is 0.0138 e. The summed E-state index contributed by atoms with van der Waals surface area (Å²) in [5.74, 6) is 0. The smallest absolute Gasteiger partial charge is 0.0138 e. The molecule has 0 radical (unpaired) electrons. The summed E-state index contributed by atoms with van der Waals surface area (Å²) in [7, 11) is 0. The summed E-state index contributed by atoms with van der Waals surface area (Å²) in [6.07, 6.45) is 5.24. The van der Waals surface area contributed by atoms with Crippen molar-refractivity contribution in [1.82, 2.24) is 5.32 Å². The van der Waals surface area contributed by atoms with Crippen molar-refractivity contribution in [3.8, 4) is 0 Å². The summed E-state index contributed by atoms with van der Waals surface area (Å²) >= 11 is 0. The fraction of sp³-hybridized carbons (Fsp3) is 0.273. The number of nitrogens with one attached hydrogen (secondary N) is 1. The second kappa shape index (κ2) is 5.42. The van der Waals surface area contributed by atoms with Crippen LogP contribution in [0, 0.1) is 0 Å². The molecule has 0 amide bonds. The molecule has 1 rings (SSSR count). The van der Waals surface area contributed by atoms with Gasteiger partial charge in [0.25, 0.3) is 0 Å². The van der Waals surface area contributed by atoms with Gasteiger partial charge in [0.2, 0.25) is 0 Å². The van der Waals surface area contributed by atoms with Crippen molar-refractivity contribution in [1.29, 1.82) is 0 Å². The van der Waals surface area contributed by atoms with Gasteiger partial charge in [0.05, 0.1) is 0 Å². The standard InChI is InChI=1S/C11H15N/c1-2-9-12-10-8-11-6-4-3-5-7-11/h3-8,10,12H,2,9H2,1H3. The lowest BCUT2D eigenvalue weighted by atomic mass is 10.2. The van der Waals surface area contributed by atoms with E-state index >= 15 is 0 Å². The van der Waals surface area contributed by atoms with Crippen molar-refractivity contribution in [2.24, 2.45) is 0 Å². The van der Waals surface area contributed by atoms with Gasteiger partial charge in [-0.2, -0.15) is 0 Å². The monoisotopic (exact) mass is 161 g/mol. The number of benzene rings is 1. The van der Waals surface area contributed by atoms with E-state index in [2.05, 4.69) is 30.4 Å². The third-order valence-electron chi connectivity index (χ3n) is 1.59. The maximum absolute atomic E-state index is 3.20. The van der Waals surface area contributed by atoms with Crippen LogP contribution in [0.3, 0.4) is 0 Å². The van der Waals surface area contributed by atoms with Crippen molar-refractivity contribution in [3.63, 3.8) is 0 Å². The predicted octanol–water partition coefficient (Wildman–Crippen LogP) is 2.66. The van der Waals surface area contributed by atoms with Gasteiger partial charge in [0.15, 0.2) is 0 Å². The highest BCUT2D eigenvalue weighted by molar-refractivity contribution is 5.48. The van der Waals surface area contributed by atoms with Crippen LogP contribution in [0.4, 0.5) is 0 Å². The van der Waals surface area contributed by atoms with Crippen LogP contribution in [0.2, 0.25) is 0 Å². The van der Waals surface area contributed by atoms with E-state index in [1.807, 2.05) is 24.4 Å². The van der Waals surface area contributed by atoms with Crippen molar-refractivity contribution < 1.29 is 0 Å². The van der Waals surface area contributed by atoms with Crippen LogP contribution >= 0.6 is 0 Å². The molecule has 0 unspecified atom stereocenters. The molecular weight excluding hydrogens is 146 g/mol. The van der Waals surface area contributed by atoms with E-state index in [1.54, 1.807) is 0 Å². The molecule has 1 aromatic carbocycles. The molecule has 1 aromatic rings. The zero-order valence-electron chi connectivity index (χ0n) is 7.46. The van der Waals surface area contributed by atoms with Gasteiger partial charge in [-0.3, -0.25) is 0 Å². The van der Waals surface area contributed by atoms with Gasteiger partial charge in [0, 0.05) is 6.54 Å². The SMILES string of the molecule is CCCNC=Cc1ccccc1. The lowest BCUT2D eigenvalue weighted by Gasteiger charge is -1.95. The number of hydrogen-bond acceptors (Lipinski definition) is 1. The average molecular weight is 161 g/mol. The van der Waals surface area contributed by atoms with E-state index in [9.17, 15) is 0 Å². The summed E-state index contributed by atoms with van der Waals surface area (Å²) in [6, 6.07) is 10.3. The molecule has 0 bridgehead atoms. The summed E-state index contributed by atoms with van der Waals surface area (Å²) < 4.78 is 0. The zero-order valence-corrected chi connectivity index (χ0v) is 7.46. The Morgan fingerprint density at radius 1 is 1.25 bits per heavy atom.